The molecule has 0 aliphatic carbocycles. The first-order chi connectivity index (χ1) is 5.74. The molecule has 1 heterocycles. The molecule has 3 heteroatoms. The predicted octanol–water partition coefficient (Wildman–Crippen LogP) is 2.49. The van der Waals surface area contributed by atoms with E-state index in [0.717, 1.165) is 5.57 Å². The predicted molar refractivity (Wildman–Crippen MR) is 56.1 cm³/mol. The molecule has 1 N–H and O–H groups in total. The average molecular weight is 180 g/mol. The summed E-state index contributed by atoms with van der Waals surface area (Å²) in [5.74, 6) is 0.0648. The number of nitrogens with zero attached hydrogens (tertiary/aromatic N) is 1. The van der Waals surface area contributed by atoms with Crippen molar-refractivity contribution >= 4 is 23.0 Å². The van der Waals surface area contributed by atoms with Gasteiger partial charge in [-0.25, -0.2) is 0 Å². The van der Waals surface area contributed by atoms with Crippen molar-refractivity contribution in [2.24, 2.45) is 10.9 Å². The number of aliphatic imine (C=N–C) groups is 1. The maximum Gasteiger partial charge on any atom is 0.0761 e. The minimum absolute atomic E-state index is 0.0648. The number of thioether (sulfide) groups is 1. The molecule has 1 aliphatic rings. The van der Waals surface area contributed by atoms with E-state index in [1.807, 2.05) is 25.3 Å². The Morgan fingerprint density at radius 1 is 1.67 bits per heavy atom. The molecule has 0 fully saturated rings. The van der Waals surface area contributed by atoms with Gasteiger partial charge in [0.1, 0.15) is 0 Å². The first-order valence-corrected chi connectivity index (χ1v) is 4.97. The van der Waals surface area contributed by atoms with Crippen molar-refractivity contribution in [3.05, 3.63) is 23.9 Å². The van der Waals surface area contributed by atoms with Gasteiger partial charge in [-0.05, 0) is 19.3 Å². The van der Waals surface area contributed by atoms with Gasteiger partial charge in [-0.2, -0.15) is 0 Å². The molecule has 0 aromatic heterocycles. The summed E-state index contributed by atoms with van der Waals surface area (Å²) in [7, 11) is 0. The monoisotopic (exact) mass is 180 g/mol. The van der Waals surface area contributed by atoms with Gasteiger partial charge in [-0.1, -0.05) is 11.6 Å². The van der Waals surface area contributed by atoms with Crippen LogP contribution in [0.4, 0.5) is 0 Å². The fourth-order valence-electron chi connectivity index (χ4n) is 0.964. The zero-order chi connectivity index (χ0) is 8.97. The molecule has 1 rings (SSSR count). The molecule has 0 aromatic rings. The highest BCUT2D eigenvalue weighted by atomic mass is 32.2. The molecule has 1 atom stereocenters. The van der Waals surface area contributed by atoms with Crippen LogP contribution in [-0.2, 0) is 0 Å². The standard InChI is InChI=1S/C9H12N2S/c1-7-3-4-11-6-8(5-7)9(10)12-2/h3-6,8,10H,1-2H3. The molecule has 1 aliphatic heterocycles. The van der Waals surface area contributed by atoms with Gasteiger partial charge in [0.2, 0.25) is 0 Å². The summed E-state index contributed by atoms with van der Waals surface area (Å²) in [5.41, 5.74) is 1.16. The van der Waals surface area contributed by atoms with Gasteiger partial charge in [0.25, 0.3) is 0 Å². The van der Waals surface area contributed by atoms with Crippen LogP contribution in [0.2, 0.25) is 0 Å². The first kappa shape index (κ1) is 9.26. The molecule has 2 nitrogen and oxygen atoms in total. The molecule has 0 aromatic carbocycles. The number of rotatable bonds is 1. The van der Waals surface area contributed by atoms with Gasteiger partial charge in [0.05, 0.1) is 11.0 Å². The summed E-state index contributed by atoms with van der Waals surface area (Å²) in [6.45, 7) is 2.02. The van der Waals surface area contributed by atoms with Crippen molar-refractivity contribution in [1.29, 1.82) is 5.41 Å². The van der Waals surface area contributed by atoms with Crippen LogP contribution >= 0.6 is 11.8 Å². The van der Waals surface area contributed by atoms with Crippen LogP contribution in [0.1, 0.15) is 6.92 Å². The fraction of sp³-hybridized carbons (Fsp3) is 0.333. The summed E-state index contributed by atoms with van der Waals surface area (Å²) in [6.07, 6.45) is 9.47. The van der Waals surface area contributed by atoms with E-state index in [2.05, 4.69) is 4.99 Å². The Morgan fingerprint density at radius 3 is 3.08 bits per heavy atom. The Morgan fingerprint density at radius 2 is 2.42 bits per heavy atom. The van der Waals surface area contributed by atoms with E-state index in [9.17, 15) is 0 Å². The van der Waals surface area contributed by atoms with Crippen molar-refractivity contribution in [3.8, 4) is 0 Å². The van der Waals surface area contributed by atoms with Crippen LogP contribution in [0.5, 0.6) is 0 Å². The Bertz CT molecular complexity index is 264. The van der Waals surface area contributed by atoms with E-state index in [4.69, 9.17) is 5.41 Å². The number of hydrogen-bond donors (Lipinski definition) is 1. The fourth-order valence-corrected chi connectivity index (χ4v) is 1.37. The summed E-state index contributed by atoms with van der Waals surface area (Å²) in [4.78, 5) is 4.06. The third-order valence-electron chi connectivity index (χ3n) is 1.64. The van der Waals surface area contributed by atoms with Crippen molar-refractivity contribution in [3.63, 3.8) is 0 Å². The lowest BCUT2D eigenvalue weighted by atomic mass is 10.1. The summed E-state index contributed by atoms with van der Waals surface area (Å²) in [6, 6.07) is 0. The number of nitrogens with one attached hydrogen (secondary N) is 1. The van der Waals surface area contributed by atoms with Crippen LogP contribution in [0, 0.1) is 11.3 Å². The maximum absolute atomic E-state index is 7.62. The van der Waals surface area contributed by atoms with E-state index < -0.39 is 0 Å². The number of hydrogen-bond acceptors (Lipinski definition) is 3. The lowest BCUT2D eigenvalue weighted by molar-refractivity contribution is 1.22. The van der Waals surface area contributed by atoms with Gasteiger partial charge in [0, 0.05) is 12.4 Å². The molecule has 12 heavy (non-hydrogen) atoms. The topological polar surface area (TPSA) is 36.2 Å². The second-order valence-corrected chi connectivity index (χ2v) is 3.47. The van der Waals surface area contributed by atoms with Crippen molar-refractivity contribution < 1.29 is 0 Å². The molecule has 64 valence electrons. The molecule has 0 amide bonds. The lowest BCUT2D eigenvalue weighted by Gasteiger charge is -2.05. The molecule has 0 bridgehead atoms. The zero-order valence-corrected chi connectivity index (χ0v) is 8.06. The molecule has 0 spiro atoms. The van der Waals surface area contributed by atoms with Gasteiger partial charge in [-0.15, -0.1) is 11.8 Å². The summed E-state index contributed by atoms with van der Waals surface area (Å²) < 4.78 is 0. The second kappa shape index (κ2) is 4.26. The van der Waals surface area contributed by atoms with Crippen molar-refractivity contribution in [2.45, 2.75) is 6.92 Å². The Balaban J connectivity index is 2.79. The number of allylic oxidation sites excluding steroid dienone is 3. The van der Waals surface area contributed by atoms with E-state index in [0.29, 0.717) is 5.04 Å². The van der Waals surface area contributed by atoms with E-state index >= 15 is 0 Å². The average Bonchev–Trinajstić information content (AvgIpc) is 2.28. The van der Waals surface area contributed by atoms with Crippen LogP contribution in [0.3, 0.4) is 0 Å². The lowest BCUT2D eigenvalue weighted by Crippen LogP contribution is -2.08. The molecular formula is C9H12N2S. The Labute approximate surface area is 77.0 Å². The summed E-state index contributed by atoms with van der Waals surface area (Å²) in [5, 5.41) is 8.26. The Hall–Kier alpha value is -0.830. The highest BCUT2D eigenvalue weighted by Gasteiger charge is 2.08. The maximum atomic E-state index is 7.62. The molecule has 0 saturated heterocycles. The second-order valence-electron chi connectivity index (χ2n) is 2.62. The first-order valence-electron chi connectivity index (χ1n) is 3.74. The third kappa shape index (κ3) is 2.34. The zero-order valence-electron chi connectivity index (χ0n) is 7.24. The van der Waals surface area contributed by atoms with Crippen LogP contribution in [0.15, 0.2) is 28.9 Å². The van der Waals surface area contributed by atoms with Gasteiger partial charge < -0.3 is 0 Å². The van der Waals surface area contributed by atoms with E-state index in [1.165, 1.54) is 11.8 Å². The minimum atomic E-state index is 0.0648. The molecule has 0 radical (unpaired) electrons. The van der Waals surface area contributed by atoms with E-state index in [-0.39, 0.29) is 5.92 Å². The van der Waals surface area contributed by atoms with Gasteiger partial charge in [0.15, 0.2) is 0 Å². The van der Waals surface area contributed by atoms with Crippen molar-refractivity contribution in [1.82, 2.24) is 0 Å². The Kier molecular flexibility index (Phi) is 3.29. The van der Waals surface area contributed by atoms with Crippen molar-refractivity contribution in [2.75, 3.05) is 6.26 Å². The molecule has 1 unspecified atom stereocenters. The minimum Gasteiger partial charge on any atom is -0.297 e. The van der Waals surface area contributed by atoms with Crippen LogP contribution < -0.4 is 0 Å². The smallest absolute Gasteiger partial charge is 0.0761 e. The van der Waals surface area contributed by atoms with Gasteiger partial charge >= 0.3 is 0 Å². The third-order valence-corrected chi connectivity index (χ3v) is 2.35. The SMILES string of the molecule is CSC(=N)C1C=NC=CC(C)=C1. The molecule has 0 saturated carbocycles. The van der Waals surface area contributed by atoms with E-state index in [1.54, 1.807) is 12.4 Å². The quantitative estimate of drug-likeness (QED) is 0.488. The molecular weight excluding hydrogens is 168 g/mol. The highest BCUT2D eigenvalue weighted by Crippen LogP contribution is 2.13. The largest absolute Gasteiger partial charge is 0.297 e. The van der Waals surface area contributed by atoms with Gasteiger partial charge in [-0.3, -0.25) is 10.4 Å². The highest BCUT2D eigenvalue weighted by molar-refractivity contribution is 8.13. The van der Waals surface area contributed by atoms with Crippen LogP contribution in [0.25, 0.3) is 0 Å². The summed E-state index contributed by atoms with van der Waals surface area (Å²) >= 11 is 1.46. The normalized spacial score (nSPS) is 21.8. The van der Waals surface area contributed by atoms with Crippen LogP contribution in [-0.4, -0.2) is 17.5 Å².